The topological polar surface area (TPSA) is 121 Å². The van der Waals surface area contributed by atoms with E-state index in [0.29, 0.717) is 11.1 Å². The van der Waals surface area contributed by atoms with Crippen LogP contribution in [-0.2, 0) is 13.1 Å². The van der Waals surface area contributed by atoms with E-state index >= 15 is 0 Å². The summed E-state index contributed by atoms with van der Waals surface area (Å²) < 4.78 is 0. The zero-order chi connectivity index (χ0) is 16.0. The number of aromatic hydroxyl groups is 5. The molecule has 0 aliphatic carbocycles. The highest BCUT2D eigenvalue weighted by atomic mass is 16.3. The molecule has 0 saturated heterocycles. The van der Waals surface area contributed by atoms with Gasteiger partial charge in [0.15, 0.2) is 28.7 Å². The third kappa shape index (κ3) is 2.03. The number of benzene rings is 2. The summed E-state index contributed by atoms with van der Waals surface area (Å²) in [5, 5.41) is 47.5. The van der Waals surface area contributed by atoms with E-state index in [9.17, 15) is 30.3 Å². The number of phenolic OH excluding ortho intramolecular Hbond substituents is 5. The molecule has 0 spiro atoms. The molecule has 5 N–H and O–H groups in total. The van der Waals surface area contributed by atoms with Crippen LogP contribution in [0.2, 0.25) is 0 Å². The summed E-state index contributed by atoms with van der Waals surface area (Å²) in [5.74, 6) is -2.88. The highest BCUT2D eigenvalue weighted by Crippen LogP contribution is 2.39. The predicted octanol–water partition coefficient (Wildman–Crippen LogP) is 1.37. The molecule has 7 nitrogen and oxygen atoms in total. The summed E-state index contributed by atoms with van der Waals surface area (Å²) in [5.41, 5.74) is 1.04. The van der Waals surface area contributed by atoms with Crippen LogP contribution in [-0.4, -0.2) is 36.3 Å². The van der Waals surface area contributed by atoms with Gasteiger partial charge in [0.2, 0.25) is 0 Å². The van der Waals surface area contributed by atoms with E-state index in [-0.39, 0.29) is 24.4 Å². The van der Waals surface area contributed by atoms with Gasteiger partial charge in [0.1, 0.15) is 0 Å². The molecule has 0 unspecified atom stereocenters. The Hall–Kier alpha value is -3.09. The van der Waals surface area contributed by atoms with Gasteiger partial charge in [-0.2, -0.15) is 0 Å². The second-order valence-electron chi connectivity index (χ2n) is 5.11. The Labute approximate surface area is 124 Å². The monoisotopic (exact) mass is 303 g/mol. The molecule has 1 aliphatic rings. The third-order valence-corrected chi connectivity index (χ3v) is 3.61. The molecule has 2 aromatic carbocycles. The standard InChI is InChI=1S/C15H13NO6/c17-9-2-1-8-6-16(15(22)12(8)14(9)21)5-7-3-10(18)13(20)11(19)4-7/h1-4,17-21H,5-6H2. The summed E-state index contributed by atoms with van der Waals surface area (Å²) in [6, 6.07) is 5.34. The van der Waals surface area contributed by atoms with Crippen LogP contribution < -0.4 is 0 Å². The van der Waals surface area contributed by atoms with Gasteiger partial charge in [-0.05, 0) is 29.3 Å². The van der Waals surface area contributed by atoms with Crippen LogP contribution in [0.5, 0.6) is 28.7 Å². The van der Waals surface area contributed by atoms with E-state index in [4.69, 9.17) is 0 Å². The van der Waals surface area contributed by atoms with Crippen molar-refractivity contribution in [3.8, 4) is 28.7 Å². The van der Waals surface area contributed by atoms with Crippen molar-refractivity contribution in [2.24, 2.45) is 0 Å². The predicted molar refractivity (Wildman–Crippen MR) is 74.8 cm³/mol. The highest BCUT2D eigenvalue weighted by Gasteiger charge is 2.31. The molecule has 0 bridgehead atoms. The summed E-state index contributed by atoms with van der Waals surface area (Å²) in [6.07, 6.45) is 0. The van der Waals surface area contributed by atoms with Gasteiger partial charge >= 0.3 is 0 Å². The van der Waals surface area contributed by atoms with Crippen LogP contribution in [0.4, 0.5) is 0 Å². The SMILES string of the molecule is O=C1c2c(ccc(O)c2O)CN1Cc1cc(O)c(O)c(O)c1. The maximum absolute atomic E-state index is 12.3. The number of hydrogen-bond acceptors (Lipinski definition) is 6. The van der Waals surface area contributed by atoms with Gasteiger partial charge in [0, 0.05) is 13.1 Å². The van der Waals surface area contributed by atoms with Crippen molar-refractivity contribution in [3.63, 3.8) is 0 Å². The van der Waals surface area contributed by atoms with Crippen LogP contribution >= 0.6 is 0 Å². The number of carbonyl (C=O) groups excluding carboxylic acids is 1. The Morgan fingerprint density at radius 2 is 1.55 bits per heavy atom. The molecule has 1 amide bonds. The van der Waals surface area contributed by atoms with Gasteiger partial charge in [-0.25, -0.2) is 0 Å². The summed E-state index contributed by atoms with van der Waals surface area (Å²) in [6.45, 7) is 0.291. The normalized spacial score (nSPS) is 13.5. The summed E-state index contributed by atoms with van der Waals surface area (Å²) in [4.78, 5) is 13.7. The second kappa shape index (κ2) is 4.73. The van der Waals surface area contributed by atoms with Crippen molar-refractivity contribution in [1.29, 1.82) is 0 Å². The quantitative estimate of drug-likeness (QED) is 0.534. The number of hydrogen-bond donors (Lipinski definition) is 5. The van der Waals surface area contributed by atoms with Crippen molar-refractivity contribution in [3.05, 3.63) is 41.0 Å². The van der Waals surface area contributed by atoms with Gasteiger partial charge in [-0.15, -0.1) is 0 Å². The zero-order valence-electron chi connectivity index (χ0n) is 11.3. The second-order valence-corrected chi connectivity index (χ2v) is 5.11. The molecule has 3 rings (SSSR count). The van der Waals surface area contributed by atoms with Crippen LogP contribution in [0.3, 0.4) is 0 Å². The lowest BCUT2D eigenvalue weighted by molar-refractivity contribution is 0.0763. The molecule has 0 saturated carbocycles. The minimum Gasteiger partial charge on any atom is -0.504 e. The Morgan fingerprint density at radius 1 is 0.909 bits per heavy atom. The third-order valence-electron chi connectivity index (χ3n) is 3.61. The number of amides is 1. The van der Waals surface area contributed by atoms with E-state index in [1.807, 2.05) is 0 Å². The fourth-order valence-electron chi connectivity index (χ4n) is 2.53. The maximum Gasteiger partial charge on any atom is 0.258 e. The summed E-state index contributed by atoms with van der Waals surface area (Å²) >= 11 is 0. The van der Waals surface area contributed by atoms with Crippen molar-refractivity contribution in [2.75, 3.05) is 0 Å². The van der Waals surface area contributed by atoms with E-state index in [2.05, 4.69) is 0 Å². The number of rotatable bonds is 2. The first-order valence-electron chi connectivity index (χ1n) is 6.45. The van der Waals surface area contributed by atoms with Crippen LogP contribution in [0.25, 0.3) is 0 Å². The lowest BCUT2D eigenvalue weighted by atomic mass is 10.1. The molecule has 2 aromatic rings. The molecule has 22 heavy (non-hydrogen) atoms. The van der Waals surface area contributed by atoms with Crippen LogP contribution in [0, 0.1) is 0 Å². The van der Waals surface area contributed by atoms with Gasteiger partial charge in [-0.3, -0.25) is 4.79 Å². The molecular formula is C15H13NO6. The molecule has 0 atom stereocenters. The Kier molecular flexibility index (Phi) is 2.98. The Balaban J connectivity index is 1.90. The van der Waals surface area contributed by atoms with Gasteiger partial charge in [0.05, 0.1) is 5.56 Å². The average molecular weight is 303 g/mol. The van der Waals surface area contributed by atoms with Crippen molar-refractivity contribution >= 4 is 5.91 Å². The lowest BCUT2D eigenvalue weighted by Crippen LogP contribution is -2.23. The van der Waals surface area contributed by atoms with Gasteiger partial charge < -0.3 is 30.4 Å². The highest BCUT2D eigenvalue weighted by molar-refractivity contribution is 6.01. The smallest absolute Gasteiger partial charge is 0.258 e. The molecule has 7 heteroatoms. The number of fused-ring (bicyclic) bond motifs is 1. The lowest BCUT2D eigenvalue weighted by Gasteiger charge is -2.16. The first kappa shape index (κ1) is 13.9. The number of carbonyl (C=O) groups is 1. The molecular weight excluding hydrogens is 290 g/mol. The zero-order valence-corrected chi connectivity index (χ0v) is 11.3. The van der Waals surface area contributed by atoms with Crippen LogP contribution in [0.1, 0.15) is 21.5 Å². The van der Waals surface area contributed by atoms with E-state index < -0.39 is 28.9 Å². The molecule has 0 aromatic heterocycles. The van der Waals surface area contributed by atoms with Crippen molar-refractivity contribution in [2.45, 2.75) is 13.1 Å². The first-order valence-corrected chi connectivity index (χ1v) is 6.45. The number of nitrogens with zero attached hydrogens (tertiary/aromatic N) is 1. The van der Waals surface area contributed by atoms with Crippen molar-refractivity contribution < 1.29 is 30.3 Å². The largest absolute Gasteiger partial charge is 0.504 e. The minimum atomic E-state index is -0.623. The Morgan fingerprint density at radius 3 is 2.18 bits per heavy atom. The van der Waals surface area contributed by atoms with Crippen LogP contribution in [0.15, 0.2) is 24.3 Å². The number of phenols is 5. The molecule has 1 heterocycles. The molecule has 0 fully saturated rings. The first-order chi connectivity index (χ1) is 10.4. The van der Waals surface area contributed by atoms with E-state index in [1.165, 1.54) is 23.1 Å². The average Bonchev–Trinajstić information content (AvgIpc) is 2.77. The Bertz CT molecular complexity index is 763. The van der Waals surface area contributed by atoms with Gasteiger partial charge in [-0.1, -0.05) is 6.07 Å². The fourth-order valence-corrected chi connectivity index (χ4v) is 2.53. The maximum atomic E-state index is 12.3. The molecule has 0 radical (unpaired) electrons. The fraction of sp³-hybridized carbons (Fsp3) is 0.133. The van der Waals surface area contributed by atoms with Gasteiger partial charge in [0.25, 0.3) is 5.91 Å². The van der Waals surface area contributed by atoms with E-state index in [1.54, 1.807) is 6.07 Å². The summed E-state index contributed by atoms with van der Waals surface area (Å²) in [7, 11) is 0. The van der Waals surface area contributed by atoms with Crippen molar-refractivity contribution in [1.82, 2.24) is 4.90 Å². The molecule has 1 aliphatic heterocycles. The molecule has 114 valence electrons. The minimum absolute atomic E-state index is 0.0484. The van der Waals surface area contributed by atoms with E-state index in [0.717, 1.165) is 0 Å².